The van der Waals surface area contributed by atoms with Crippen molar-refractivity contribution in [2.24, 2.45) is 0 Å². The SMILES string of the molecule is COc1ccc(CN(C(=O)Cn2nnc3ccccc32)C2(C(=O)Nc3ccc4c(c3)OCO4)CCCC2)cc1. The van der Waals surface area contributed by atoms with Crippen molar-refractivity contribution < 1.29 is 23.8 Å². The van der Waals surface area contributed by atoms with E-state index in [1.807, 2.05) is 48.5 Å². The zero-order chi connectivity index (χ0) is 26.8. The first-order valence-electron chi connectivity index (χ1n) is 13.0. The van der Waals surface area contributed by atoms with E-state index in [1.165, 1.54) is 0 Å². The molecule has 0 radical (unpaired) electrons. The quantitative estimate of drug-likeness (QED) is 0.367. The molecule has 200 valence electrons. The number of ether oxygens (including phenoxy) is 3. The van der Waals surface area contributed by atoms with E-state index in [0.29, 0.717) is 35.5 Å². The maximum atomic E-state index is 14.1. The first kappa shape index (κ1) is 24.7. The van der Waals surface area contributed by atoms with Crippen LogP contribution in [0.15, 0.2) is 66.7 Å². The molecule has 6 rings (SSSR count). The molecule has 1 aromatic heterocycles. The maximum Gasteiger partial charge on any atom is 0.250 e. The minimum Gasteiger partial charge on any atom is -0.497 e. The fourth-order valence-corrected chi connectivity index (χ4v) is 5.44. The summed E-state index contributed by atoms with van der Waals surface area (Å²) in [5, 5.41) is 11.5. The van der Waals surface area contributed by atoms with Gasteiger partial charge < -0.3 is 24.4 Å². The van der Waals surface area contributed by atoms with E-state index in [4.69, 9.17) is 14.2 Å². The van der Waals surface area contributed by atoms with Crippen LogP contribution in [-0.4, -0.2) is 51.1 Å². The van der Waals surface area contributed by atoms with Crippen LogP contribution < -0.4 is 19.5 Å². The molecule has 1 aliphatic carbocycles. The lowest BCUT2D eigenvalue weighted by Crippen LogP contribution is -2.57. The molecule has 39 heavy (non-hydrogen) atoms. The Morgan fingerprint density at radius 1 is 1.03 bits per heavy atom. The lowest BCUT2D eigenvalue weighted by molar-refractivity contribution is -0.147. The number of carbonyl (C=O) groups excluding carboxylic acids is 2. The van der Waals surface area contributed by atoms with E-state index in [0.717, 1.165) is 29.7 Å². The number of nitrogens with one attached hydrogen (secondary N) is 1. The number of methoxy groups -OCH3 is 1. The van der Waals surface area contributed by atoms with Crippen molar-refractivity contribution in [1.29, 1.82) is 0 Å². The average Bonchev–Trinajstić information content (AvgIpc) is 3.73. The van der Waals surface area contributed by atoms with Gasteiger partial charge in [0.05, 0.1) is 12.6 Å². The molecule has 2 aliphatic rings. The third-order valence-corrected chi connectivity index (χ3v) is 7.51. The zero-order valence-corrected chi connectivity index (χ0v) is 21.6. The number of carbonyl (C=O) groups is 2. The zero-order valence-electron chi connectivity index (χ0n) is 21.6. The molecule has 4 aromatic rings. The van der Waals surface area contributed by atoms with Gasteiger partial charge in [0, 0.05) is 18.3 Å². The van der Waals surface area contributed by atoms with Crippen LogP contribution in [0.5, 0.6) is 17.2 Å². The summed E-state index contributed by atoms with van der Waals surface area (Å²) in [6.45, 7) is 0.386. The lowest BCUT2D eigenvalue weighted by atomic mass is 9.92. The monoisotopic (exact) mass is 527 g/mol. The molecule has 2 heterocycles. The Morgan fingerprint density at radius 3 is 2.59 bits per heavy atom. The Labute approximate surface area is 225 Å². The van der Waals surface area contributed by atoms with Gasteiger partial charge >= 0.3 is 0 Å². The van der Waals surface area contributed by atoms with Crippen molar-refractivity contribution in [2.45, 2.75) is 44.3 Å². The first-order valence-corrected chi connectivity index (χ1v) is 13.0. The summed E-state index contributed by atoms with van der Waals surface area (Å²) in [7, 11) is 1.61. The number of amides is 2. The van der Waals surface area contributed by atoms with Gasteiger partial charge in [-0.25, -0.2) is 4.68 Å². The number of rotatable bonds is 8. The Bertz CT molecular complexity index is 1510. The van der Waals surface area contributed by atoms with E-state index >= 15 is 0 Å². The highest BCUT2D eigenvalue weighted by molar-refractivity contribution is 6.01. The molecular formula is C29H29N5O5. The second-order valence-corrected chi connectivity index (χ2v) is 9.82. The number of nitrogens with zero attached hydrogens (tertiary/aromatic N) is 4. The Hall–Kier alpha value is -4.60. The molecule has 0 atom stereocenters. The van der Waals surface area contributed by atoms with Crippen LogP contribution in [0.1, 0.15) is 31.2 Å². The molecule has 1 N–H and O–H groups in total. The molecule has 1 fully saturated rings. The van der Waals surface area contributed by atoms with E-state index in [2.05, 4.69) is 15.6 Å². The first-order chi connectivity index (χ1) is 19.1. The second kappa shape index (κ2) is 10.3. The molecule has 10 nitrogen and oxygen atoms in total. The number of para-hydroxylation sites is 1. The average molecular weight is 528 g/mol. The minimum absolute atomic E-state index is 0.0320. The van der Waals surface area contributed by atoms with Crippen molar-refractivity contribution in [3.63, 3.8) is 0 Å². The van der Waals surface area contributed by atoms with Crippen LogP contribution >= 0.6 is 0 Å². The van der Waals surface area contributed by atoms with Crippen LogP contribution in [0, 0.1) is 0 Å². The maximum absolute atomic E-state index is 14.1. The molecule has 1 aliphatic heterocycles. The summed E-state index contributed by atoms with van der Waals surface area (Å²) in [4.78, 5) is 29.9. The second-order valence-electron chi connectivity index (χ2n) is 9.82. The predicted molar refractivity (Wildman–Crippen MR) is 143 cm³/mol. The molecule has 3 aromatic carbocycles. The number of anilines is 1. The minimum atomic E-state index is -1.02. The standard InChI is InChI=1S/C29H29N5O5/c1-37-22-11-8-20(9-12-22)17-33(27(35)18-34-24-7-3-2-6-23(24)31-32-34)29(14-4-5-15-29)28(36)30-21-10-13-25-26(16-21)39-19-38-25/h2-3,6-13,16H,4-5,14-15,17-19H2,1H3,(H,30,36). The fourth-order valence-electron chi connectivity index (χ4n) is 5.44. The molecule has 0 saturated heterocycles. The van der Waals surface area contributed by atoms with Crippen molar-refractivity contribution in [2.75, 3.05) is 19.2 Å². The van der Waals surface area contributed by atoms with Crippen molar-refractivity contribution in [1.82, 2.24) is 19.9 Å². The number of fused-ring (bicyclic) bond motifs is 2. The summed E-state index contributed by atoms with van der Waals surface area (Å²) in [5.41, 5.74) is 1.94. The number of aromatic nitrogens is 3. The topological polar surface area (TPSA) is 108 Å². The number of benzene rings is 3. The predicted octanol–water partition coefficient (Wildman–Crippen LogP) is 4.15. The third-order valence-electron chi connectivity index (χ3n) is 7.51. The molecule has 10 heteroatoms. The van der Waals surface area contributed by atoms with Gasteiger partial charge in [-0.05, 0) is 54.8 Å². The highest BCUT2D eigenvalue weighted by Crippen LogP contribution is 2.39. The molecular weight excluding hydrogens is 498 g/mol. The molecule has 1 saturated carbocycles. The summed E-state index contributed by atoms with van der Waals surface area (Å²) in [6.07, 6.45) is 2.80. The van der Waals surface area contributed by atoms with Crippen LogP contribution in [0.25, 0.3) is 11.0 Å². The van der Waals surface area contributed by atoms with Crippen LogP contribution in [0.3, 0.4) is 0 Å². The van der Waals surface area contributed by atoms with Gasteiger partial charge in [-0.2, -0.15) is 0 Å². The van der Waals surface area contributed by atoms with Gasteiger partial charge in [0.25, 0.3) is 0 Å². The van der Waals surface area contributed by atoms with E-state index in [9.17, 15) is 9.59 Å². The number of hydrogen-bond donors (Lipinski definition) is 1. The smallest absolute Gasteiger partial charge is 0.250 e. The van der Waals surface area contributed by atoms with Gasteiger partial charge in [-0.1, -0.05) is 42.3 Å². The Morgan fingerprint density at radius 2 is 1.79 bits per heavy atom. The third kappa shape index (κ3) is 4.73. The highest BCUT2D eigenvalue weighted by atomic mass is 16.7. The Kier molecular flexibility index (Phi) is 6.52. The van der Waals surface area contributed by atoms with E-state index in [-0.39, 0.29) is 31.7 Å². The summed E-state index contributed by atoms with van der Waals surface area (Å²) in [6, 6.07) is 20.4. The van der Waals surface area contributed by atoms with Gasteiger partial charge in [0.2, 0.25) is 18.6 Å². The Balaban J connectivity index is 1.33. The van der Waals surface area contributed by atoms with Crippen LogP contribution in [0.4, 0.5) is 5.69 Å². The van der Waals surface area contributed by atoms with E-state index < -0.39 is 5.54 Å². The largest absolute Gasteiger partial charge is 0.497 e. The van der Waals surface area contributed by atoms with Crippen molar-refractivity contribution >= 4 is 28.5 Å². The van der Waals surface area contributed by atoms with E-state index in [1.54, 1.807) is 34.9 Å². The summed E-state index contributed by atoms with van der Waals surface area (Å²) in [5.74, 6) is 1.52. The van der Waals surface area contributed by atoms with Gasteiger partial charge in [0.15, 0.2) is 11.5 Å². The lowest BCUT2D eigenvalue weighted by Gasteiger charge is -2.40. The van der Waals surface area contributed by atoms with Gasteiger partial charge in [-0.3, -0.25) is 9.59 Å². The van der Waals surface area contributed by atoms with Gasteiger partial charge in [-0.15, -0.1) is 5.10 Å². The van der Waals surface area contributed by atoms with Gasteiger partial charge in [0.1, 0.15) is 23.3 Å². The van der Waals surface area contributed by atoms with Crippen molar-refractivity contribution in [3.05, 3.63) is 72.3 Å². The summed E-state index contributed by atoms with van der Waals surface area (Å²) < 4.78 is 17.8. The van der Waals surface area contributed by atoms with Crippen molar-refractivity contribution in [3.8, 4) is 17.2 Å². The summed E-state index contributed by atoms with van der Waals surface area (Å²) >= 11 is 0. The fraction of sp³-hybridized carbons (Fsp3) is 0.310. The normalized spacial score (nSPS) is 15.3. The van der Waals surface area contributed by atoms with Crippen LogP contribution in [-0.2, 0) is 22.7 Å². The highest BCUT2D eigenvalue weighted by Gasteiger charge is 2.48. The van der Waals surface area contributed by atoms with Crippen LogP contribution in [0.2, 0.25) is 0 Å². The molecule has 0 spiro atoms. The molecule has 0 unspecified atom stereocenters. The number of hydrogen-bond acceptors (Lipinski definition) is 7. The molecule has 2 amide bonds. The molecule has 0 bridgehead atoms.